The molecule has 1 N–H and O–H groups in total. The highest BCUT2D eigenvalue weighted by molar-refractivity contribution is 6.19. The van der Waals surface area contributed by atoms with E-state index >= 15 is 0 Å². The summed E-state index contributed by atoms with van der Waals surface area (Å²) in [6.45, 7) is 7.71. The lowest BCUT2D eigenvalue weighted by atomic mass is 9.94. The monoisotopic (exact) mass is 253 g/mol. The number of halogens is 1. The van der Waals surface area contributed by atoms with Crippen LogP contribution in [0.1, 0.15) is 37.9 Å². The molecule has 17 heavy (non-hydrogen) atoms. The third-order valence-electron chi connectivity index (χ3n) is 2.87. The zero-order chi connectivity index (χ0) is 13.1. The minimum Gasteiger partial charge on any atom is -0.349 e. The molecule has 2 nitrogen and oxygen atoms in total. The van der Waals surface area contributed by atoms with E-state index in [1.54, 1.807) is 0 Å². The average Bonchev–Trinajstić information content (AvgIpc) is 2.29. The van der Waals surface area contributed by atoms with E-state index in [0.29, 0.717) is 5.88 Å². The number of carbonyl (C=O) groups excluding carboxylic acids is 1. The molecule has 0 saturated heterocycles. The fourth-order valence-corrected chi connectivity index (χ4v) is 1.51. The smallest absolute Gasteiger partial charge is 0.227 e. The average molecular weight is 254 g/mol. The van der Waals surface area contributed by atoms with E-state index < -0.39 is 5.41 Å². The fourth-order valence-electron chi connectivity index (χ4n) is 1.39. The standard InChI is InChI=1S/C14H20ClNO/c1-10-5-7-12(8-6-10)11(2)16-13(17)14(3,4)9-15/h5-8,11H,9H2,1-4H3,(H,16,17)/t11-/m1/s1. The zero-order valence-corrected chi connectivity index (χ0v) is 11.6. The second-order valence-corrected chi connectivity index (χ2v) is 5.39. The molecule has 0 heterocycles. The van der Waals surface area contributed by atoms with Crippen LogP contribution in [-0.4, -0.2) is 11.8 Å². The summed E-state index contributed by atoms with van der Waals surface area (Å²) < 4.78 is 0. The van der Waals surface area contributed by atoms with E-state index in [2.05, 4.69) is 5.32 Å². The fraction of sp³-hybridized carbons (Fsp3) is 0.500. The first kappa shape index (κ1) is 14.0. The van der Waals surface area contributed by atoms with Gasteiger partial charge in [-0.25, -0.2) is 0 Å². The van der Waals surface area contributed by atoms with Crippen molar-refractivity contribution in [3.63, 3.8) is 0 Å². The first-order chi connectivity index (χ1) is 7.86. The third kappa shape index (κ3) is 3.74. The SMILES string of the molecule is Cc1ccc([C@@H](C)NC(=O)C(C)(C)CCl)cc1. The maximum atomic E-state index is 12.0. The van der Waals surface area contributed by atoms with Gasteiger partial charge in [0.15, 0.2) is 0 Å². The van der Waals surface area contributed by atoms with Gasteiger partial charge in [-0.05, 0) is 33.3 Å². The second-order valence-electron chi connectivity index (χ2n) is 5.12. The molecule has 0 spiro atoms. The Labute approximate surface area is 108 Å². The third-order valence-corrected chi connectivity index (χ3v) is 3.54. The Morgan fingerprint density at radius 3 is 2.35 bits per heavy atom. The van der Waals surface area contributed by atoms with Gasteiger partial charge in [-0.3, -0.25) is 4.79 Å². The molecular formula is C14H20ClNO. The van der Waals surface area contributed by atoms with Crippen molar-refractivity contribution in [3.05, 3.63) is 35.4 Å². The molecule has 1 amide bonds. The number of aryl methyl sites for hydroxylation is 1. The molecule has 1 aromatic rings. The highest BCUT2D eigenvalue weighted by atomic mass is 35.5. The van der Waals surface area contributed by atoms with Crippen LogP contribution in [0.3, 0.4) is 0 Å². The van der Waals surface area contributed by atoms with Crippen molar-refractivity contribution in [1.82, 2.24) is 5.32 Å². The zero-order valence-electron chi connectivity index (χ0n) is 10.9. The summed E-state index contributed by atoms with van der Waals surface area (Å²) in [6.07, 6.45) is 0. The number of carbonyl (C=O) groups is 1. The Bertz CT molecular complexity index is 384. The summed E-state index contributed by atoms with van der Waals surface area (Å²) in [6, 6.07) is 8.17. The Morgan fingerprint density at radius 1 is 1.35 bits per heavy atom. The molecule has 0 radical (unpaired) electrons. The highest BCUT2D eigenvalue weighted by Gasteiger charge is 2.27. The van der Waals surface area contributed by atoms with Crippen molar-refractivity contribution < 1.29 is 4.79 Å². The Kier molecular flexibility index (Phi) is 4.58. The molecule has 0 aliphatic rings. The van der Waals surface area contributed by atoms with Gasteiger partial charge in [-0.15, -0.1) is 11.6 Å². The number of amides is 1. The van der Waals surface area contributed by atoms with Gasteiger partial charge >= 0.3 is 0 Å². The lowest BCUT2D eigenvalue weighted by Gasteiger charge is -2.24. The first-order valence-electron chi connectivity index (χ1n) is 5.80. The normalized spacial score (nSPS) is 13.2. The summed E-state index contributed by atoms with van der Waals surface area (Å²) in [7, 11) is 0. The van der Waals surface area contributed by atoms with Crippen LogP contribution in [0, 0.1) is 12.3 Å². The van der Waals surface area contributed by atoms with Crippen molar-refractivity contribution >= 4 is 17.5 Å². The van der Waals surface area contributed by atoms with Crippen LogP contribution < -0.4 is 5.32 Å². The van der Waals surface area contributed by atoms with Gasteiger partial charge in [0, 0.05) is 5.88 Å². The minimum atomic E-state index is -0.527. The summed E-state index contributed by atoms with van der Waals surface area (Å²) in [4.78, 5) is 12.0. The number of benzene rings is 1. The van der Waals surface area contributed by atoms with Gasteiger partial charge in [-0.2, -0.15) is 0 Å². The van der Waals surface area contributed by atoms with Gasteiger partial charge < -0.3 is 5.32 Å². The molecule has 0 saturated carbocycles. The number of rotatable bonds is 4. The van der Waals surface area contributed by atoms with E-state index in [0.717, 1.165) is 5.56 Å². The van der Waals surface area contributed by atoms with E-state index in [1.165, 1.54) is 5.56 Å². The quantitative estimate of drug-likeness (QED) is 0.819. The van der Waals surface area contributed by atoms with Gasteiger partial charge in [-0.1, -0.05) is 29.8 Å². The van der Waals surface area contributed by atoms with Gasteiger partial charge in [0.05, 0.1) is 11.5 Å². The van der Waals surface area contributed by atoms with E-state index in [4.69, 9.17) is 11.6 Å². The van der Waals surface area contributed by atoms with Crippen molar-refractivity contribution in [2.75, 3.05) is 5.88 Å². The number of hydrogen-bond donors (Lipinski definition) is 1. The molecule has 1 aromatic carbocycles. The van der Waals surface area contributed by atoms with Crippen LogP contribution in [0.2, 0.25) is 0 Å². The molecular weight excluding hydrogens is 234 g/mol. The van der Waals surface area contributed by atoms with Crippen LogP contribution in [0.15, 0.2) is 24.3 Å². The lowest BCUT2D eigenvalue weighted by Crippen LogP contribution is -2.39. The van der Waals surface area contributed by atoms with Gasteiger partial charge in [0.1, 0.15) is 0 Å². The minimum absolute atomic E-state index is 0.00518. The molecule has 0 aliphatic carbocycles. The van der Waals surface area contributed by atoms with Crippen molar-refractivity contribution in [1.29, 1.82) is 0 Å². The predicted octanol–water partition coefficient (Wildman–Crippen LogP) is 3.44. The largest absolute Gasteiger partial charge is 0.349 e. The summed E-state index contributed by atoms with van der Waals surface area (Å²) in [5.74, 6) is 0.306. The molecule has 0 bridgehead atoms. The van der Waals surface area contributed by atoms with Gasteiger partial charge in [0.25, 0.3) is 0 Å². The van der Waals surface area contributed by atoms with Crippen LogP contribution in [-0.2, 0) is 4.79 Å². The van der Waals surface area contributed by atoms with Gasteiger partial charge in [0.2, 0.25) is 5.91 Å². The summed E-state index contributed by atoms with van der Waals surface area (Å²) >= 11 is 5.78. The second kappa shape index (κ2) is 5.54. The molecule has 0 aliphatic heterocycles. The molecule has 0 unspecified atom stereocenters. The Balaban J connectivity index is 2.70. The Morgan fingerprint density at radius 2 is 1.88 bits per heavy atom. The van der Waals surface area contributed by atoms with Crippen LogP contribution >= 0.6 is 11.6 Å². The number of alkyl halides is 1. The molecule has 94 valence electrons. The number of hydrogen-bond acceptors (Lipinski definition) is 1. The van der Waals surface area contributed by atoms with Crippen LogP contribution in [0.4, 0.5) is 0 Å². The predicted molar refractivity (Wildman–Crippen MR) is 72.2 cm³/mol. The topological polar surface area (TPSA) is 29.1 Å². The molecule has 1 rings (SSSR count). The lowest BCUT2D eigenvalue weighted by molar-refractivity contribution is -0.129. The maximum Gasteiger partial charge on any atom is 0.227 e. The molecule has 0 aromatic heterocycles. The van der Waals surface area contributed by atoms with Crippen molar-refractivity contribution in [3.8, 4) is 0 Å². The van der Waals surface area contributed by atoms with E-state index in [9.17, 15) is 4.79 Å². The van der Waals surface area contributed by atoms with Crippen molar-refractivity contribution in [2.45, 2.75) is 33.7 Å². The van der Waals surface area contributed by atoms with Crippen LogP contribution in [0.5, 0.6) is 0 Å². The summed E-state index contributed by atoms with van der Waals surface area (Å²) in [5, 5.41) is 2.98. The Hall–Kier alpha value is -1.02. The van der Waals surface area contributed by atoms with E-state index in [1.807, 2.05) is 52.0 Å². The molecule has 3 heteroatoms. The van der Waals surface area contributed by atoms with E-state index in [-0.39, 0.29) is 11.9 Å². The molecule has 0 fully saturated rings. The van der Waals surface area contributed by atoms with Crippen molar-refractivity contribution in [2.24, 2.45) is 5.41 Å². The summed E-state index contributed by atoms with van der Waals surface area (Å²) in [5.41, 5.74) is 1.79. The maximum absolute atomic E-state index is 12.0. The highest BCUT2D eigenvalue weighted by Crippen LogP contribution is 2.20. The molecule has 1 atom stereocenters. The first-order valence-corrected chi connectivity index (χ1v) is 6.34. The van der Waals surface area contributed by atoms with Crippen LogP contribution in [0.25, 0.3) is 0 Å². The number of nitrogens with one attached hydrogen (secondary N) is 1.